The predicted molar refractivity (Wildman–Crippen MR) is 107 cm³/mol. The molecule has 0 radical (unpaired) electrons. The van der Waals surface area contributed by atoms with Crippen LogP contribution in [0, 0.1) is 0 Å². The van der Waals surface area contributed by atoms with Crippen LogP contribution in [0.15, 0.2) is 30.3 Å². The molecule has 1 aromatic carbocycles. The van der Waals surface area contributed by atoms with E-state index in [-0.39, 0.29) is 5.91 Å². The summed E-state index contributed by atoms with van der Waals surface area (Å²) in [5.74, 6) is 2.14. The summed E-state index contributed by atoms with van der Waals surface area (Å²) in [6.45, 7) is 3.41. The van der Waals surface area contributed by atoms with Crippen LogP contribution < -0.4 is 19.1 Å². The van der Waals surface area contributed by atoms with Crippen LogP contribution in [-0.2, 0) is 4.74 Å². The van der Waals surface area contributed by atoms with Gasteiger partial charge in [-0.3, -0.25) is 4.79 Å². The number of anilines is 1. The third-order valence-electron chi connectivity index (χ3n) is 4.69. The molecule has 156 valence electrons. The summed E-state index contributed by atoms with van der Waals surface area (Å²) in [5, 5.41) is 8.32. The average Bonchev–Trinajstić information content (AvgIpc) is 2.78. The van der Waals surface area contributed by atoms with Gasteiger partial charge in [-0.15, -0.1) is 10.2 Å². The zero-order chi connectivity index (χ0) is 20.6. The van der Waals surface area contributed by atoms with Crippen LogP contribution >= 0.6 is 0 Å². The van der Waals surface area contributed by atoms with Crippen LogP contribution in [0.5, 0.6) is 17.4 Å². The van der Waals surface area contributed by atoms with Gasteiger partial charge in [0.15, 0.2) is 17.3 Å². The van der Waals surface area contributed by atoms with Gasteiger partial charge in [-0.05, 0) is 18.2 Å². The molecule has 0 spiro atoms. The SMILES string of the molecule is COCCOc1ccc(N2CCN(C(=O)c3cccc(OC)c3OC)CC2)nn1. The Bertz CT molecular complexity index is 807. The van der Waals surface area contributed by atoms with Crippen molar-refractivity contribution in [1.82, 2.24) is 15.1 Å². The Kier molecular flexibility index (Phi) is 7.07. The van der Waals surface area contributed by atoms with Gasteiger partial charge in [-0.1, -0.05) is 6.07 Å². The molecule has 2 heterocycles. The number of carbonyl (C=O) groups is 1. The van der Waals surface area contributed by atoms with Gasteiger partial charge in [0.05, 0.1) is 26.4 Å². The molecular formula is C20H26N4O5. The van der Waals surface area contributed by atoms with Crippen LogP contribution in [0.25, 0.3) is 0 Å². The van der Waals surface area contributed by atoms with E-state index in [9.17, 15) is 4.79 Å². The van der Waals surface area contributed by atoms with Crippen LogP contribution in [0.3, 0.4) is 0 Å². The van der Waals surface area contributed by atoms with E-state index in [1.54, 1.807) is 38.5 Å². The van der Waals surface area contributed by atoms with Crippen molar-refractivity contribution in [3.05, 3.63) is 35.9 Å². The Balaban J connectivity index is 1.60. The molecule has 1 saturated heterocycles. The normalized spacial score (nSPS) is 13.9. The first-order valence-electron chi connectivity index (χ1n) is 9.38. The minimum absolute atomic E-state index is 0.0756. The Morgan fingerprint density at radius 3 is 2.38 bits per heavy atom. The van der Waals surface area contributed by atoms with Crippen molar-refractivity contribution >= 4 is 11.7 Å². The Hall–Kier alpha value is -3.07. The van der Waals surface area contributed by atoms with Crippen LogP contribution in [-0.4, -0.2) is 81.7 Å². The first-order valence-corrected chi connectivity index (χ1v) is 9.38. The monoisotopic (exact) mass is 402 g/mol. The first-order chi connectivity index (χ1) is 14.2. The summed E-state index contributed by atoms with van der Waals surface area (Å²) in [6, 6.07) is 8.98. The van der Waals surface area contributed by atoms with Crippen molar-refractivity contribution in [2.45, 2.75) is 0 Å². The van der Waals surface area contributed by atoms with Crippen molar-refractivity contribution in [2.24, 2.45) is 0 Å². The highest BCUT2D eigenvalue weighted by atomic mass is 16.5. The molecule has 1 aliphatic heterocycles. The molecule has 1 fully saturated rings. The van der Waals surface area contributed by atoms with Gasteiger partial charge in [-0.2, -0.15) is 0 Å². The number of aromatic nitrogens is 2. The number of carbonyl (C=O) groups excluding carboxylic acids is 1. The second-order valence-electron chi connectivity index (χ2n) is 6.39. The Morgan fingerprint density at radius 2 is 1.76 bits per heavy atom. The topological polar surface area (TPSA) is 86.3 Å². The fourth-order valence-corrected chi connectivity index (χ4v) is 3.15. The lowest BCUT2D eigenvalue weighted by Crippen LogP contribution is -2.49. The fourth-order valence-electron chi connectivity index (χ4n) is 3.15. The number of amides is 1. The molecule has 1 aliphatic rings. The summed E-state index contributed by atoms with van der Waals surface area (Å²) < 4.78 is 21.1. The number of para-hydroxylation sites is 1. The highest BCUT2D eigenvalue weighted by Gasteiger charge is 2.26. The third-order valence-corrected chi connectivity index (χ3v) is 4.69. The quantitative estimate of drug-likeness (QED) is 0.614. The lowest BCUT2D eigenvalue weighted by atomic mass is 10.1. The number of hydrogen-bond donors (Lipinski definition) is 0. The largest absolute Gasteiger partial charge is 0.493 e. The molecular weight excluding hydrogens is 376 g/mol. The zero-order valence-electron chi connectivity index (χ0n) is 17.0. The van der Waals surface area contributed by atoms with E-state index in [2.05, 4.69) is 15.1 Å². The lowest BCUT2D eigenvalue weighted by molar-refractivity contribution is 0.0742. The van der Waals surface area contributed by atoms with E-state index in [4.69, 9.17) is 18.9 Å². The highest BCUT2D eigenvalue weighted by Crippen LogP contribution is 2.31. The van der Waals surface area contributed by atoms with Crippen molar-refractivity contribution in [1.29, 1.82) is 0 Å². The predicted octanol–water partition coefficient (Wildman–Crippen LogP) is 1.48. The second-order valence-corrected chi connectivity index (χ2v) is 6.39. The molecule has 9 heteroatoms. The minimum atomic E-state index is -0.0756. The van der Waals surface area contributed by atoms with E-state index in [1.807, 2.05) is 11.0 Å². The number of hydrogen-bond acceptors (Lipinski definition) is 8. The molecule has 0 unspecified atom stereocenters. The summed E-state index contributed by atoms with van der Waals surface area (Å²) in [5.41, 5.74) is 0.498. The Morgan fingerprint density at radius 1 is 0.966 bits per heavy atom. The number of ether oxygens (including phenoxy) is 4. The fraction of sp³-hybridized carbons (Fsp3) is 0.450. The molecule has 1 amide bonds. The van der Waals surface area contributed by atoms with Crippen LogP contribution in [0.1, 0.15) is 10.4 Å². The molecule has 1 aromatic heterocycles. The summed E-state index contributed by atoms with van der Waals surface area (Å²) >= 11 is 0. The number of methoxy groups -OCH3 is 3. The average molecular weight is 402 g/mol. The van der Waals surface area contributed by atoms with Crippen molar-refractivity contribution in [2.75, 3.05) is 65.6 Å². The van der Waals surface area contributed by atoms with Gasteiger partial charge in [0.25, 0.3) is 5.91 Å². The van der Waals surface area contributed by atoms with E-state index < -0.39 is 0 Å². The number of rotatable bonds is 8. The third kappa shape index (κ3) is 4.86. The van der Waals surface area contributed by atoms with Gasteiger partial charge in [0, 0.05) is 39.4 Å². The van der Waals surface area contributed by atoms with E-state index in [1.165, 1.54) is 7.11 Å². The molecule has 9 nitrogen and oxygen atoms in total. The van der Waals surface area contributed by atoms with Gasteiger partial charge in [-0.25, -0.2) is 0 Å². The van der Waals surface area contributed by atoms with E-state index in [0.717, 1.165) is 5.82 Å². The lowest BCUT2D eigenvalue weighted by Gasteiger charge is -2.35. The number of benzene rings is 1. The second kappa shape index (κ2) is 9.92. The summed E-state index contributed by atoms with van der Waals surface area (Å²) in [4.78, 5) is 16.9. The molecule has 0 N–H and O–H groups in total. The van der Waals surface area contributed by atoms with Gasteiger partial charge in [0.2, 0.25) is 5.88 Å². The Labute approximate surface area is 170 Å². The summed E-state index contributed by atoms with van der Waals surface area (Å²) in [7, 11) is 4.71. The minimum Gasteiger partial charge on any atom is -0.493 e. The molecule has 0 aliphatic carbocycles. The van der Waals surface area contributed by atoms with Gasteiger partial charge < -0.3 is 28.7 Å². The number of nitrogens with zero attached hydrogens (tertiary/aromatic N) is 4. The number of piperazine rings is 1. The smallest absolute Gasteiger partial charge is 0.257 e. The molecule has 29 heavy (non-hydrogen) atoms. The maximum absolute atomic E-state index is 13.0. The molecule has 2 aromatic rings. The van der Waals surface area contributed by atoms with Crippen molar-refractivity contribution < 1.29 is 23.7 Å². The maximum atomic E-state index is 13.0. The van der Waals surface area contributed by atoms with Crippen LogP contribution in [0.4, 0.5) is 5.82 Å². The van der Waals surface area contributed by atoms with Gasteiger partial charge in [0.1, 0.15) is 6.61 Å². The van der Waals surface area contributed by atoms with Gasteiger partial charge >= 0.3 is 0 Å². The van der Waals surface area contributed by atoms with Crippen molar-refractivity contribution in [3.8, 4) is 17.4 Å². The van der Waals surface area contributed by atoms with E-state index >= 15 is 0 Å². The van der Waals surface area contributed by atoms with Crippen molar-refractivity contribution in [3.63, 3.8) is 0 Å². The van der Waals surface area contributed by atoms with Crippen LogP contribution in [0.2, 0.25) is 0 Å². The zero-order valence-corrected chi connectivity index (χ0v) is 17.0. The molecule has 0 atom stereocenters. The maximum Gasteiger partial charge on any atom is 0.257 e. The summed E-state index contributed by atoms with van der Waals surface area (Å²) in [6.07, 6.45) is 0. The first kappa shape index (κ1) is 20.7. The standard InChI is InChI=1S/C20H26N4O5/c1-26-13-14-29-18-8-7-17(21-22-18)23-9-11-24(12-10-23)20(25)15-5-4-6-16(27-2)19(15)28-3/h4-8H,9-14H2,1-3H3. The molecule has 0 bridgehead atoms. The van der Waals surface area contributed by atoms with E-state index in [0.29, 0.717) is 62.3 Å². The highest BCUT2D eigenvalue weighted by molar-refractivity contribution is 5.98. The molecule has 0 saturated carbocycles. The molecule has 3 rings (SSSR count).